The van der Waals surface area contributed by atoms with Gasteiger partial charge in [0.15, 0.2) is 0 Å². The van der Waals surface area contributed by atoms with Crippen LogP contribution in [0.1, 0.15) is 39.5 Å². The molecule has 0 aliphatic rings. The average Bonchev–Trinajstić information content (AvgIpc) is 2.06. The van der Waals surface area contributed by atoms with Gasteiger partial charge < -0.3 is 5.11 Å². The second kappa shape index (κ2) is 10.8. The summed E-state index contributed by atoms with van der Waals surface area (Å²) in [6.07, 6.45) is 4.46. The third-order valence-electron chi connectivity index (χ3n) is 1.75. The summed E-state index contributed by atoms with van der Waals surface area (Å²) >= 11 is 0. The fourth-order valence-electron chi connectivity index (χ4n) is 0.953. The van der Waals surface area contributed by atoms with Gasteiger partial charge in [0, 0.05) is 0 Å². The van der Waals surface area contributed by atoms with Crippen LogP contribution in [0.4, 0.5) is 0 Å². The molecule has 4 nitrogen and oxygen atoms in total. The van der Waals surface area contributed by atoms with Crippen LogP contribution in [0.5, 0.6) is 0 Å². The van der Waals surface area contributed by atoms with Gasteiger partial charge in [-0.15, -0.1) is 0 Å². The van der Waals surface area contributed by atoms with Crippen LogP contribution in [0.2, 0.25) is 0 Å². The van der Waals surface area contributed by atoms with Crippen molar-refractivity contribution in [2.75, 3.05) is 0 Å². The quantitative estimate of drug-likeness (QED) is 0.511. The Labute approximate surface area is 78.5 Å². The fraction of sp³-hybridized carbons (Fsp3) is 0.778. The molecule has 0 aromatic rings. The molecule has 4 heteroatoms. The third kappa shape index (κ3) is 10.8. The number of carbonyl (C=O) groups is 1. The number of unbranched alkanes of at least 4 members (excludes halogenated alkanes) is 1. The molecule has 0 saturated heterocycles. The minimum absolute atomic E-state index is 0.111. The predicted octanol–water partition coefficient (Wildman–Crippen LogP) is 2.19. The van der Waals surface area contributed by atoms with Gasteiger partial charge in [-0.25, -0.2) is 10.2 Å². The summed E-state index contributed by atoms with van der Waals surface area (Å²) in [6.45, 7) is 4.00. The summed E-state index contributed by atoms with van der Waals surface area (Å²) in [5.41, 5.74) is 0. The second-order valence-corrected chi connectivity index (χ2v) is 2.69. The van der Waals surface area contributed by atoms with Crippen molar-refractivity contribution in [3.63, 3.8) is 0 Å². The van der Waals surface area contributed by atoms with Crippen molar-refractivity contribution in [2.24, 2.45) is 5.92 Å². The van der Waals surface area contributed by atoms with Gasteiger partial charge in [-0.1, -0.05) is 26.7 Å². The maximum atomic E-state index is 10.4. The highest BCUT2D eigenvalue weighted by atomic mass is 16.4. The third-order valence-corrected chi connectivity index (χ3v) is 1.75. The molecular weight excluding hydrogens is 170 g/mol. The zero-order valence-corrected chi connectivity index (χ0v) is 8.17. The first-order valence-electron chi connectivity index (χ1n) is 4.40. The van der Waals surface area contributed by atoms with Crippen LogP contribution in [-0.4, -0.2) is 17.2 Å². The minimum atomic E-state index is -0.643. The van der Waals surface area contributed by atoms with Crippen molar-refractivity contribution >= 4 is 12.0 Å². The maximum Gasteiger partial charge on any atom is 0.306 e. The highest BCUT2D eigenvalue weighted by Crippen LogP contribution is 2.11. The van der Waals surface area contributed by atoms with Crippen LogP contribution in [0.15, 0.2) is 0 Å². The monoisotopic (exact) mass is 187 g/mol. The van der Waals surface area contributed by atoms with Crippen LogP contribution >= 0.6 is 0 Å². The number of aliphatic carboxylic acids is 1. The molecule has 76 valence electrons. The Kier molecular flexibility index (Phi) is 12.0. The summed E-state index contributed by atoms with van der Waals surface area (Å²) in [4.78, 5) is 18.8. The summed E-state index contributed by atoms with van der Waals surface area (Å²) in [6, 6.07) is 0. The summed E-state index contributed by atoms with van der Waals surface area (Å²) in [7, 11) is 0. The number of nitrogens with one attached hydrogen (secondary N) is 1. The van der Waals surface area contributed by atoms with Gasteiger partial charge in [0.25, 0.3) is 0 Å². The minimum Gasteiger partial charge on any atom is -0.481 e. The lowest BCUT2D eigenvalue weighted by molar-refractivity contribution is -0.142. The average molecular weight is 187 g/mol. The van der Waals surface area contributed by atoms with Gasteiger partial charge in [-0.2, -0.15) is 0 Å². The topological polar surface area (TPSA) is 78.2 Å². The molecule has 0 amide bonds. The number of carboxylic acids is 1. The second-order valence-electron chi connectivity index (χ2n) is 2.69. The van der Waals surface area contributed by atoms with Gasteiger partial charge in [-0.05, 0) is 12.8 Å². The Hall–Kier alpha value is -1.15. The number of hydrogen-bond acceptors (Lipinski definition) is 3. The van der Waals surface area contributed by atoms with Crippen LogP contribution in [-0.2, 0) is 9.59 Å². The molecule has 13 heavy (non-hydrogen) atoms. The lowest BCUT2D eigenvalue weighted by Gasteiger charge is -2.06. The first kappa shape index (κ1) is 14.4. The van der Waals surface area contributed by atoms with E-state index in [2.05, 4.69) is 6.92 Å². The molecule has 0 fully saturated rings. The standard InChI is InChI=1S/C8H16O2.CHNO/c1-3-5-6-7(4-2)8(9)10;2-1-3/h7H,3-6H2,1-2H3,(H,9,10);2H. The highest BCUT2D eigenvalue weighted by Gasteiger charge is 2.12. The van der Waals surface area contributed by atoms with Gasteiger partial charge in [-0.3, -0.25) is 4.79 Å². The van der Waals surface area contributed by atoms with Gasteiger partial charge >= 0.3 is 5.97 Å². The van der Waals surface area contributed by atoms with Crippen molar-refractivity contribution in [1.82, 2.24) is 0 Å². The molecule has 0 aromatic heterocycles. The number of carboxylic acid groups (broad SMARTS) is 1. The molecule has 1 unspecified atom stereocenters. The Morgan fingerprint density at radius 2 is 2.00 bits per heavy atom. The smallest absolute Gasteiger partial charge is 0.306 e. The Morgan fingerprint density at radius 1 is 1.54 bits per heavy atom. The molecule has 0 aromatic carbocycles. The van der Waals surface area contributed by atoms with E-state index in [0.29, 0.717) is 0 Å². The summed E-state index contributed by atoms with van der Waals surface area (Å²) in [5, 5.41) is 14.0. The zero-order valence-electron chi connectivity index (χ0n) is 8.17. The highest BCUT2D eigenvalue weighted by molar-refractivity contribution is 5.69. The molecular formula is C9H17NO3. The molecule has 0 aliphatic heterocycles. The van der Waals surface area contributed by atoms with Crippen molar-refractivity contribution in [3.8, 4) is 0 Å². The van der Waals surface area contributed by atoms with Crippen molar-refractivity contribution in [3.05, 3.63) is 0 Å². The molecule has 0 heterocycles. The zero-order chi connectivity index (χ0) is 10.7. The van der Waals surface area contributed by atoms with Crippen molar-refractivity contribution < 1.29 is 14.7 Å². The lowest BCUT2D eigenvalue weighted by atomic mass is 10.00. The van der Waals surface area contributed by atoms with Crippen LogP contribution in [0.3, 0.4) is 0 Å². The number of hydrogen-bond donors (Lipinski definition) is 2. The van der Waals surface area contributed by atoms with Crippen LogP contribution < -0.4 is 0 Å². The van der Waals surface area contributed by atoms with Gasteiger partial charge in [0.05, 0.1) is 5.92 Å². The molecule has 0 saturated carbocycles. The summed E-state index contributed by atoms with van der Waals surface area (Å²) in [5.74, 6) is -0.754. The van der Waals surface area contributed by atoms with Gasteiger partial charge in [0.1, 0.15) is 0 Å². The van der Waals surface area contributed by atoms with E-state index in [9.17, 15) is 4.79 Å². The maximum absolute atomic E-state index is 10.4. The molecule has 0 radical (unpaired) electrons. The van der Waals surface area contributed by atoms with E-state index < -0.39 is 5.97 Å². The van der Waals surface area contributed by atoms with E-state index in [1.54, 1.807) is 0 Å². The van der Waals surface area contributed by atoms with Crippen LogP contribution in [0, 0.1) is 11.3 Å². The Morgan fingerprint density at radius 3 is 2.23 bits per heavy atom. The van der Waals surface area contributed by atoms with E-state index in [1.807, 2.05) is 6.92 Å². The SMILES string of the molecule is CCCCC(CC)C(=O)O.N=C=O. The van der Waals surface area contributed by atoms with Crippen molar-refractivity contribution in [1.29, 1.82) is 5.41 Å². The first-order valence-corrected chi connectivity index (χ1v) is 4.40. The van der Waals surface area contributed by atoms with E-state index in [4.69, 9.17) is 15.3 Å². The van der Waals surface area contributed by atoms with E-state index >= 15 is 0 Å². The number of rotatable bonds is 5. The molecule has 0 spiro atoms. The van der Waals surface area contributed by atoms with E-state index in [-0.39, 0.29) is 5.92 Å². The Bertz CT molecular complexity index is 162. The molecule has 1 atom stereocenters. The molecule has 2 N–H and O–H groups in total. The Balaban J connectivity index is 0. The van der Waals surface area contributed by atoms with Gasteiger partial charge in [0.2, 0.25) is 6.08 Å². The van der Waals surface area contributed by atoms with E-state index in [0.717, 1.165) is 31.8 Å². The van der Waals surface area contributed by atoms with Crippen LogP contribution in [0.25, 0.3) is 0 Å². The fourth-order valence-corrected chi connectivity index (χ4v) is 0.953. The molecule has 0 bridgehead atoms. The first-order chi connectivity index (χ1) is 6.13. The normalized spacial score (nSPS) is 10.6. The number of isocyanates is 1. The van der Waals surface area contributed by atoms with Crippen molar-refractivity contribution in [2.45, 2.75) is 39.5 Å². The number of carbonyl (C=O) groups excluding carboxylic acids is 1. The molecule has 0 rings (SSSR count). The van der Waals surface area contributed by atoms with E-state index in [1.165, 1.54) is 0 Å². The largest absolute Gasteiger partial charge is 0.481 e. The summed E-state index contributed by atoms with van der Waals surface area (Å²) < 4.78 is 0. The molecule has 0 aliphatic carbocycles. The lowest BCUT2D eigenvalue weighted by Crippen LogP contribution is -2.11. The predicted molar refractivity (Wildman–Crippen MR) is 49.4 cm³/mol.